The Bertz CT molecular complexity index is 1020. The predicted octanol–water partition coefficient (Wildman–Crippen LogP) is 3.90. The third-order valence-electron chi connectivity index (χ3n) is 3.75. The van der Waals surface area contributed by atoms with Gasteiger partial charge in [0.15, 0.2) is 5.84 Å². The third-order valence-corrected chi connectivity index (χ3v) is 3.75. The fourth-order valence-electron chi connectivity index (χ4n) is 2.58. The van der Waals surface area contributed by atoms with Crippen LogP contribution in [0.3, 0.4) is 0 Å². The Hall–Kier alpha value is -3.87. The van der Waals surface area contributed by atoms with Gasteiger partial charge in [0.2, 0.25) is 0 Å². The van der Waals surface area contributed by atoms with Gasteiger partial charge in [-0.05, 0) is 34.5 Å². The molecule has 0 radical (unpaired) electrons. The minimum Gasteiger partial charge on any atom is -0.508 e. The summed E-state index contributed by atoms with van der Waals surface area (Å²) in [6.45, 7) is 0.0208. The molecule has 3 aromatic carbocycles. The normalized spacial score (nSPS) is 11.2. The molecule has 0 atom stereocenters. The van der Waals surface area contributed by atoms with Gasteiger partial charge in [-0.1, -0.05) is 48.5 Å². The molecule has 0 bridgehead atoms. The second-order valence-electron chi connectivity index (χ2n) is 5.64. The molecule has 0 aliphatic carbocycles. The Morgan fingerprint density at radius 1 is 1.00 bits per heavy atom. The van der Waals surface area contributed by atoms with Crippen molar-refractivity contribution in [1.82, 2.24) is 5.32 Å². The molecule has 7 heteroatoms. The molecule has 2 amide bonds. The Labute approximate surface area is 154 Å². The van der Waals surface area contributed by atoms with Crippen molar-refractivity contribution in [3.05, 3.63) is 77.9 Å². The van der Waals surface area contributed by atoms with Crippen molar-refractivity contribution in [2.75, 3.05) is 0 Å². The number of carbonyl (C=O) groups excluding carboxylic acids is 1. The number of aromatic hydroxyl groups is 1. The highest BCUT2D eigenvalue weighted by Gasteiger charge is 2.14. The molecule has 0 saturated carbocycles. The van der Waals surface area contributed by atoms with Crippen molar-refractivity contribution in [3.8, 4) is 5.75 Å². The SMILES string of the molecule is O=C(O)N/C(=N\C(=O)OCc1ccccc1)c1cccc2cc(O)ccc12. The first-order valence-electron chi connectivity index (χ1n) is 8.04. The predicted molar refractivity (Wildman–Crippen MR) is 99.9 cm³/mol. The van der Waals surface area contributed by atoms with Crippen molar-refractivity contribution < 1.29 is 24.5 Å². The van der Waals surface area contributed by atoms with Gasteiger partial charge in [0.1, 0.15) is 12.4 Å². The molecule has 3 N–H and O–H groups in total. The minimum atomic E-state index is -1.36. The molecule has 0 aromatic heterocycles. The molecule has 7 nitrogen and oxygen atoms in total. The van der Waals surface area contributed by atoms with Crippen LogP contribution in [0.2, 0.25) is 0 Å². The molecule has 0 fully saturated rings. The van der Waals surface area contributed by atoms with Gasteiger partial charge in [-0.2, -0.15) is 4.99 Å². The molecule has 27 heavy (non-hydrogen) atoms. The number of benzene rings is 3. The molecule has 3 aromatic rings. The van der Waals surface area contributed by atoms with Crippen LogP contribution in [-0.2, 0) is 11.3 Å². The minimum absolute atomic E-state index is 0.0208. The van der Waals surface area contributed by atoms with Crippen molar-refractivity contribution in [2.45, 2.75) is 6.61 Å². The highest BCUT2D eigenvalue weighted by Crippen LogP contribution is 2.23. The number of phenolic OH excluding ortho intramolecular Hbond substituents is 1. The van der Waals surface area contributed by atoms with Gasteiger partial charge in [-0.25, -0.2) is 9.59 Å². The van der Waals surface area contributed by atoms with Gasteiger partial charge in [-0.15, -0.1) is 0 Å². The van der Waals surface area contributed by atoms with Crippen molar-refractivity contribution >= 4 is 28.8 Å². The van der Waals surface area contributed by atoms with Gasteiger partial charge in [0.25, 0.3) is 0 Å². The van der Waals surface area contributed by atoms with Crippen LogP contribution in [-0.4, -0.2) is 28.2 Å². The number of carboxylic acid groups (broad SMARTS) is 1. The van der Waals surface area contributed by atoms with Crippen molar-refractivity contribution in [2.24, 2.45) is 4.99 Å². The second kappa shape index (κ2) is 8.01. The van der Waals surface area contributed by atoms with Crippen LogP contribution in [0.5, 0.6) is 5.75 Å². The number of ether oxygens (including phenoxy) is 1. The van der Waals surface area contributed by atoms with Gasteiger partial charge in [-0.3, -0.25) is 5.32 Å². The van der Waals surface area contributed by atoms with Crippen LogP contribution in [0.1, 0.15) is 11.1 Å². The van der Waals surface area contributed by atoms with Crippen molar-refractivity contribution in [1.29, 1.82) is 0 Å². The van der Waals surface area contributed by atoms with E-state index < -0.39 is 12.2 Å². The van der Waals surface area contributed by atoms with Crippen LogP contribution in [0.4, 0.5) is 9.59 Å². The molecule has 3 rings (SSSR count). The first-order valence-corrected chi connectivity index (χ1v) is 8.04. The average Bonchev–Trinajstić information content (AvgIpc) is 2.65. The largest absolute Gasteiger partial charge is 0.508 e. The van der Waals surface area contributed by atoms with Crippen LogP contribution in [0.15, 0.2) is 71.7 Å². The van der Waals surface area contributed by atoms with Crippen LogP contribution >= 0.6 is 0 Å². The monoisotopic (exact) mass is 364 g/mol. The van der Waals surface area contributed by atoms with E-state index in [2.05, 4.69) is 10.3 Å². The van der Waals surface area contributed by atoms with Gasteiger partial charge in [0.05, 0.1) is 0 Å². The number of hydrogen-bond acceptors (Lipinski definition) is 4. The summed E-state index contributed by atoms with van der Waals surface area (Å²) >= 11 is 0. The topological polar surface area (TPSA) is 108 Å². The lowest BCUT2D eigenvalue weighted by molar-refractivity contribution is 0.151. The lowest BCUT2D eigenvalue weighted by Crippen LogP contribution is -2.30. The van der Waals surface area contributed by atoms with Crippen molar-refractivity contribution in [3.63, 3.8) is 0 Å². The fraction of sp³-hybridized carbons (Fsp3) is 0.0500. The summed E-state index contributed by atoms with van der Waals surface area (Å²) in [5.41, 5.74) is 1.18. The van der Waals surface area contributed by atoms with Crippen LogP contribution in [0.25, 0.3) is 10.8 Å². The van der Waals surface area contributed by atoms with E-state index in [0.29, 0.717) is 16.3 Å². The summed E-state index contributed by atoms with van der Waals surface area (Å²) in [5.74, 6) is -0.0801. The van der Waals surface area contributed by atoms with E-state index in [9.17, 15) is 14.7 Å². The number of nitrogens with one attached hydrogen (secondary N) is 1. The number of hydrogen-bond donors (Lipinski definition) is 3. The van der Waals surface area contributed by atoms with E-state index in [4.69, 9.17) is 9.84 Å². The molecular formula is C20H16N2O5. The maximum absolute atomic E-state index is 12.1. The van der Waals surface area contributed by atoms with E-state index in [1.54, 1.807) is 36.4 Å². The maximum Gasteiger partial charge on any atom is 0.435 e. The molecule has 136 valence electrons. The summed E-state index contributed by atoms with van der Waals surface area (Å²) in [6.07, 6.45) is -2.28. The molecule has 0 heterocycles. The third kappa shape index (κ3) is 4.60. The summed E-state index contributed by atoms with van der Waals surface area (Å²) in [7, 11) is 0. The Morgan fingerprint density at radius 3 is 2.52 bits per heavy atom. The van der Waals surface area contributed by atoms with E-state index >= 15 is 0 Å². The number of amides is 2. The molecular weight excluding hydrogens is 348 g/mol. The standard InChI is InChI=1S/C20H16N2O5/c23-15-9-10-16-14(11-15)7-4-8-17(16)18(21-19(24)25)22-20(26)27-12-13-5-2-1-3-6-13/h1-11,23H,12H2,(H,24,25)(H,21,22,26). The van der Waals surface area contributed by atoms with Gasteiger partial charge >= 0.3 is 12.2 Å². The molecule has 0 aliphatic heterocycles. The number of fused-ring (bicyclic) bond motifs is 1. The zero-order valence-corrected chi connectivity index (χ0v) is 14.1. The molecule has 0 saturated heterocycles. The van der Waals surface area contributed by atoms with Gasteiger partial charge in [0, 0.05) is 5.56 Å². The first kappa shape index (κ1) is 17.9. The molecule has 0 aliphatic rings. The zero-order chi connectivity index (χ0) is 19.2. The summed E-state index contributed by atoms with van der Waals surface area (Å²) in [6, 6.07) is 18.7. The Morgan fingerprint density at radius 2 is 1.78 bits per heavy atom. The second-order valence-corrected chi connectivity index (χ2v) is 5.64. The van der Waals surface area contributed by atoms with Crippen LogP contribution in [0, 0.1) is 0 Å². The number of phenols is 1. The quantitative estimate of drug-likeness (QED) is 0.482. The lowest BCUT2D eigenvalue weighted by atomic mass is 10.0. The first-order chi connectivity index (χ1) is 13.0. The Balaban J connectivity index is 1.90. The highest BCUT2D eigenvalue weighted by atomic mass is 16.5. The molecule has 0 unspecified atom stereocenters. The molecule has 0 spiro atoms. The summed E-state index contributed by atoms with van der Waals surface area (Å²) < 4.78 is 5.09. The number of aliphatic imine (C=N–C) groups is 1. The van der Waals surface area contributed by atoms with Gasteiger partial charge < -0.3 is 14.9 Å². The van der Waals surface area contributed by atoms with E-state index in [1.807, 2.05) is 18.2 Å². The zero-order valence-electron chi connectivity index (χ0n) is 14.1. The van der Waals surface area contributed by atoms with E-state index in [0.717, 1.165) is 5.56 Å². The smallest absolute Gasteiger partial charge is 0.435 e. The average molecular weight is 364 g/mol. The number of amidine groups is 1. The highest BCUT2D eigenvalue weighted by molar-refractivity contribution is 6.16. The maximum atomic E-state index is 12.1. The number of rotatable bonds is 3. The fourth-order valence-corrected chi connectivity index (χ4v) is 2.58. The summed E-state index contributed by atoms with van der Waals surface area (Å²) in [4.78, 5) is 27.0. The Kier molecular flexibility index (Phi) is 5.32. The summed E-state index contributed by atoms with van der Waals surface area (Å²) in [5, 5.41) is 22.1. The lowest BCUT2D eigenvalue weighted by Gasteiger charge is -2.10. The van der Waals surface area contributed by atoms with E-state index in [1.165, 1.54) is 12.1 Å². The van der Waals surface area contributed by atoms with Crippen LogP contribution < -0.4 is 5.32 Å². The number of carbonyl (C=O) groups is 2. The van der Waals surface area contributed by atoms with E-state index in [-0.39, 0.29) is 18.2 Å². The number of nitrogens with zero attached hydrogens (tertiary/aromatic N) is 1.